The highest BCUT2D eigenvalue weighted by Crippen LogP contribution is 2.21. The van der Waals surface area contributed by atoms with Gasteiger partial charge in [0, 0.05) is 16.3 Å². The van der Waals surface area contributed by atoms with E-state index in [-0.39, 0.29) is 5.69 Å². The van der Waals surface area contributed by atoms with Crippen molar-refractivity contribution in [2.45, 2.75) is 13.3 Å². The molecule has 1 aromatic carbocycles. The fraction of sp³-hybridized carbons (Fsp3) is 0.143. The first-order valence-electron chi connectivity index (χ1n) is 6.27. The lowest BCUT2D eigenvalue weighted by molar-refractivity contribution is 0.102. The Morgan fingerprint density at radius 3 is 2.81 bits per heavy atom. The molecule has 0 atom stereocenters. The molecule has 7 heteroatoms. The van der Waals surface area contributed by atoms with Gasteiger partial charge in [-0.05, 0) is 36.8 Å². The maximum absolute atomic E-state index is 13.6. The Labute approximate surface area is 126 Å². The highest BCUT2D eigenvalue weighted by Gasteiger charge is 2.12. The van der Waals surface area contributed by atoms with Gasteiger partial charge in [-0.2, -0.15) is 0 Å². The van der Waals surface area contributed by atoms with Crippen LogP contribution in [0.2, 0.25) is 5.02 Å². The van der Waals surface area contributed by atoms with Crippen molar-refractivity contribution in [3.8, 4) is 0 Å². The summed E-state index contributed by atoms with van der Waals surface area (Å²) in [5.74, 6) is 4.66. The number of nitrogens with zero attached hydrogens (tertiary/aromatic N) is 1. The second kappa shape index (κ2) is 6.51. The molecule has 0 aliphatic carbocycles. The maximum Gasteiger partial charge on any atom is 0.255 e. The number of rotatable bonds is 4. The molecule has 21 heavy (non-hydrogen) atoms. The molecule has 4 N–H and O–H groups in total. The van der Waals surface area contributed by atoms with Crippen LogP contribution in [0.4, 0.5) is 15.9 Å². The molecule has 0 saturated heterocycles. The van der Waals surface area contributed by atoms with E-state index in [0.29, 0.717) is 28.5 Å². The van der Waals surface area contributed by atoms with E-state index in [1.807, 2.05) is 6.92 Å². The molecule has 5 nitrogen and oxygen atoms in total. The second-order valence-corrected chi connectivity index (χ2v) is 4.75. The molecular weight excluding hydrogens is 295 g/mol. The van der Waals surface area contributed by atoms with E-state index >= 15 is 0 Å². The predicted molar refractivity (Wildman–Crippen MR) is 80.8 cm³/mol. The van der Waals surface area contributed by atoms with Crippen LogP contribution in [0.25, 0.3) is 0 Å². The fourth-order valence-electron chi connectivity index (χ4n) is 1.76. The molecule has 110 valence electrons. The SMILES string of the molecule is CCc1cc(C(=O)Nc2cc(Cl)ccc2F)cc(NN)n1. The molecule has 1 heterocycles. The first-order valence-corrected chi connectivity index (χ1v) is 6.65. The zero-order valence-electron chi connectivity index (χ0n) is 11.3. The normalized spacial score (nSPS) is 10.3. The summed E-state index contributed by atoms with van der Waals surface area (Å²) >= 11 is 5.79. The standard InChI is InChI=1S/C14H14ClFN4O/c1-2-10-5-8(6-13(18-10)20-17)14(21)19-12-7-9(15)3-4-11(12)16/h3-7H,2,17H2,1H3,(H,18,20)(H,19,21). The van der Waals surface area contributed by atoms with Crippen LogP contribution < -0.4 is 16.6 Å². The number of nitrogen functional groups attached to an aromatic ring is 1. The van der Waals surface area contributed by atoms with Gasteiger partial charge in [0.15, 0.2) is 0 Å². The van der Waals surface area contributed by atoms with E-state index in [0.717, 1.165) is 0 Å². The van der Waals surface area contributed by atoms with Crippen LogP contribution in [0.3, 0.4) is 0 Å². The predicted octanol–water partition coefficient (Wildman–Crippen LogP) is 2.97. The van der Waals surface area contributed by atoms with E-state index in [4.69, 9.17) is 17.4 Å². The van der Waals surface area contributed by atoms with Gasteiger partial charge in [0.25, 0.3) is 5.91 Å². The van der Waals surface area contributed by atoms with Crippen LogP contribution in [0.1, 0.15) is 23.0 Å². The number of hydrogen-bond acceptors (Lipinski definition) is 4. The van der Waals surface area contributed by atoms with Gasteiger partial charge in [0.2, 0.25) is 0 Å². The van der Waals surface area contributed by atoms with Crippen molar-refractivity contribution in [1.29, 1.82) is 0 Å². The maximum atomic E-state index is 13.6. The Balaban J connectivity index is 2.29. The average Bonchev–Trinajstić information content (AvgIpc) is 2.50. The Morgan fingerprint density at radius 1 is 1.38 bits per heavy atom. The van der Waals surface area contributed by atoms with Gasteiger partial charge in [-0.25, -0.2) is 15.2 Å². The summed E-state index contributed by atoms with van der Waals surface area (Å²) in [6.45, 7) is 1.90. The first-order chi connectivity index (χ1) is 10.0. The molecule has 0 fully saturated rings. The van der Waals surface area contributed by atoms with Crippen molar-refractivity contribution in [3.63, 3.8) is 0 Å². The molecule has 2 aromatic rings. The summed E-state index contributed by atoms with van der Waals surface area (Å²) in [5.41, 5.74) is 3.44. The van der Waals surface area contributed by atoms with E-state index < -0.39 is 11.7 Å². The molecule has 1 aromatic heterocycles. The number of benzene rings is 1. The number of hydrogen-bond donors (Lipinski definition) is 3. The van der Waals surface area contributed by atoms with Gasteiger partial charge in [0.05, 0.1) is 5.69 Å². The minimum atomic E-state index is -0.560. The van der Waals surface area contributed by atoms with Gasteiger partial charge in [-0.1, -0.05) is 18.5 Å². The van der Waals surface area contributed by atoms with Gasteiger partial charge in [0.1, 0.15) is 11.6 Å². The lowest BCUT2D eigenvalue weighted by Gasteiger charge is -2.09. The van der Waals surface area contributed by atoms with Crippen LogP contribution in [0.15, 0.2) is 30.3 Å². The number of anilines is 2. The zero-order valence-corrected chi connectivity index (χ0v) is 12.0. The molecule has 0 unspecified atom stereocenters. The Hall–Kier alpha value is -2.18. The minimum Gasteiger partial charge on any atom is -0.319 e. The lowest BCUT2D eigenvalue weighted by Crippen LogP contribution is -2.16. The number of hydrazine groups is 1. The van der Waals surface area contributed by atoms with E-state index in [1.165, 1.54) is 24.3 Å². The van der Waals surface area contributed by atoms with Crippen molar-refractivity contribution in [1.82, 2.24) is 4.98 Å². The third kappa shape index (κ3) is 3.68. The summed E-state index contributed by atoms with van der Waals surface area (Å²) in [5, 5.41) is 2.81. The van der Waals surface area contributed by atoms with E-state index in [1.54, 1.807) is 6.07 Å². The van der Waals surface area contributed by atoms with Crippen LogP contribution in [0, 0.1) is 5.82 Å². The highest BCUT2D eigenvalue weighted by atomic mass is 35.5. The lowest BCUT2D eigenvalue weighted by atomic mass is 10.1. The molecular formula is C14H14ClFN4O. The smallest absolute Gasteiger partial charge is 0.255 e. The molecule has 1 amide bonds. The number of nitrogens with one attached hydrogen (secondary N) is 2. The summed E-state index contributed by atoms with van der Waals surface area (Å²) in [4.78, 5) is 16.4. The van der Waals surface area contributed by atoms with Crippen molar-refractivity contribution in [2.24, 2.45) is 5.84 Å². The highest BCUT2D eigenvalue weighted by molar-refractivity contribution is 6.31. The van der Waals surface area contributed by atoms with Crippen molar-refractivity contribution < 1.29 is 9.18 Å². The summed E-state index contributed by atoms with van der Waals surface area (Å²) in [6.07, 6.45) is 0.640. The van der Waals surface area contributed by atoms with Gasteiger partial charge >= 0.3 is 0 Å². The third-order valence-corrected chi connectivity index (χ3v) is 3.06. The second-order valence-electron chi connectivity index (χ2n) is 4.31. The monoisotopic (exact) mass is 308 g/mol. The van der Waals surface area contributed by atoms with Crippen molar-refractivity contribution in [2.75, 3.05) is 10.7 Å². The van der Waals surface area contributed by atoms with Crippen LogP contribution in [-0.2, 0) is 6.42 Å². The number of nitrogens with two attached hydrogens (primary N) is 1. The van der Waals surface area contributed by atoms with Crippen LogP contribution in [0.5, 0.6) is 0 Å². The Bertz CT molecular complexity index is 656. The average molecular weight is 309 g/mol. The quantitative estimate of drug-likeness (QED) is 0.599. The van der Waals surface area contributed by atoms with Crippen molar-refractivity contribution >= 4 is 29.0 Å². The van der Waals surface area contributed by atoms with Crippen LogP contribution in [-0.4, -0.2) is 10.9 Å². The fourth-order valence-corrected chi connectivity index (χ4v) is 1.93. The molecule has 0 radical (unpaired) electrons. The molecule has 0 aliphatic rings. The molecule has 2 rings (SSSR count). The van der Waals surface area contributed by atoms with Gasteiger partial charge < -0.3 is 10.7 Å². The zero-order chi connectivity index (χ0) is 15.4. The summed E-state index contributed by atoms with van der Waals surface area (Å²) in [7, 11) is 0. The Kier molecular flexibility index (Phi) is 4.72. The van der Waals surface area contributed by atoms with E-state index in [9.17, 15) is 9.18 Å². The molecule has 0 spiro atoms. The minimum absolute atomic E-state index is 0.0182. The largest absolute Gasteiger partial charge is 0.319 e. The molecule has 0 saturated carbocycles. The topological polar surface area (TPSA) is 80.0 Å². The number of aromatic nitrogens is 1. The van der Waals surface area contributed by atoms with Crippen LogP contribution >= 0.6 is 11.6 Å². The number of pyridine rings is 1. The number of aryl methyl sites for hydroxylation is 1. The number of carbonyl (C=O) groups excluding carboxylic acids is 1. The molecule has 0 bridgehead atoms. The third-order valence-electron chi connectivity index (χ3n) is 2.83. The van der Waals surface area contributed by atoms with Crippen molar-refractivity contribution in [3.05, 3.63) is 52.4 Å². The summed E-state index contributed by atoms with van der Waals surface area (Å²) < 4.78 is 13.6. The Morgan fingerprint density at radius 2 is 2.14 bits per heavy atom. The van der Waals surface area contributed by atoms with Gasteiger partial charge in [-0.3, -0.25) is 4.79 Å². The number of carbonyl (C=O) groups is 1. The van der Waals surface area contributed by atoms with E-state index in [2.05, 4.69) is 15.7 Å². The molecule has 0 aliphatic heterocycles. The first kappa shape index (κ1) is 15.2. The number of halogens is 2. The summed E-state index contributed by atoms with van der Waals surface area (Å²) in [6, 6.07) is 7.05. The van der Waals surface area contributed by atoms with Gasteiger partial charge in [-0.15, -0.1) is 0 Å². The number of amides is 1.